The molecule has 0 atom stereocenters. The minimum absolute atomic E-state index is 0.348. The van der Waals surface area contributed by atoms with E-state index in [4.69, 9.17) is 4.43 Å². The van der Waals surface area contributed by atoms with Crippen LogP contribution in [0.25, 0.3) is 0 Å². The van der Waals surface area contributed by atoms with Gasteiger partial charge in [0.05, 0.1) is 0 Å². The van der Waals surface area contributed by atoms with Crippen molar-refractivity contribution in [1.82, 2.24) is 0 Å². The summed E-state index contributed by atoms with van der Waals surface area (Å²) in [7, 11) is -1.51. The standard InChI is InChI=1S/C20H43BrOSi/c1-20(2,3)23(4,5)22-19-17-15-13-11-9-7-6-8-10-12-14-16-18-21/h6-19H2,1-5H3. The predicted octanol–water partition coefficient (Wildman–Crippen LogP) is 8.08. The molecule has 1 nitrogen and oxygen atoms in total. The number of rotatable bonds is 15. The summed E-state index contributed by atoms with van der Waals surface area (Å²) < 4.78 is 6.23. The largest absolute Gasteiger partial charge is 0.417 e. The molecule has 0 spiro atoms. The van der Waals surface area contributed by atoms with Crippen LogP contribution in [0.15, 0.2) is 0 Å². The number of hydrogen-bond donors (Lipinski definition) is 0. The summed E-state index contributed by atoms with van der Waals surface area (Å²) in [5, 5.41) is 1.52. The van der Waals surface area contributed by atoms with Crippen molar-refractivity contribution in [2.24, 2.45) is 0 Å². The lowest BCUT2D eigenvalue weighted by atomic mass is 10.1. The molecule has 0 aliphatic rings. The molecule has 0 bridgehead atoms. The van der Waals surface area contributed by atoms with Gasteiger partial charge in [0, 0.05) is 11.9 Å². The van der Waals surface area contributed by atoms with Crippen molar-refractivity contribution in [3.63, 3.8) is 0 Å². The third kappa shape index (κ3) is 13.6. The number of halogens is 1. The third-order valence-corrected chi connectivity index (χ3v) is 10.4. The Morgan fingerprint density at radius 2 is 1.00 bits per heavy atom. The Labute approximate surface area is 156 Å². The Kier molecular flexibility index (Phi) is 14.3. The zero-order chi connectivity index (χ0) is 17.6. The van der Waals surface area contributed by atoms with Gasteiger partial charge < -0.3 is 4.43 Å². The molecule has 0 rings (SSSR count). The number of alkyl halides is 1. The maximum atomic E-state index is 6.23. The molecule has 0 aromatic heterocycles. The molecule has 0 N–H and O–H groups in total. The first-order valence-electron chi connectivity index (χ1n) is 10.0. The lowest BCUT2D eigenvalue weighted by molar-refractivity contribution is 0.277. The molecule has 0 aromatic rings. The first-order chi connectivity index (χ1) is 10.8. The highest BCUT2D eigenvalue weighted by atomic mass is 79.9. The van der Waals surface area contributed by atoms with Gasteiger partial charge in [0.15, 0.2) is 8.32 Å². The van der Waals surface area contributed by atoms with E-state index in [0.29, 0.717) is 5.04 Å². The minimum atomic E-state index is -1.51. The summed E-state index contributed by atoms with van der Waals surface area (Å²) in [6.45, 7) is 12.6. The topological polar surface area (TPSA) is 9.23 Å². The normalized spacial score (nSPS) is 12.8. The van der Waals surface area contributed by atoms with Crippen LogP contribution < -0.4 is 0 Å². The van der Waals surface area contributed by atoms with Crippen LogP contribution in [0.5, 0.6) is 0 Å². The second kappa shape index (κ2) is 13.9. The van der Waals surface area contributed by atoms with Crippen LogP contribution in [-0.4, -0.2) is 20.3 Å². The molecule has 140 valence electrons. The second-order valence-corrected chi connectivity index (χ2v) is 14.1. The lowest BCUT2D eigenvalue weighted by Gasteiger charge is -2.36. The van der Waals surface area contributed by atoms with Gasteiger partial charge in [0.25, 0.3) is 0 Å². The van der Waals surface area contributed by atoms with Gasteiger partial charge in [0.1, 0.15) is 0 Å². The molecule has 0 radical (unpaired) electrons. The van der Waals surface area contributed by atoms with Gasteiger partial charge in [-0.05, 0) is 31.0 Å². The molecule has 0 unspecified atom stereocenters. The summed E-state index contributed by atoms with van der Waals surface area (Å²) in [4.78, 5) is 0. The Bertz CT molecular complexity index is 261. The molecule has 0 saturated heterocycles. The highest BCUT2D eigenvalue weighted by molar-refractivity contribution is 9.09. The molecular weight excluding hydrogens is 364 g/mol. The Balaban J connectivity index is 3.25. The first-order valence-corrected chi connectivity index (χ1v) is 14.0. The molecule has 0 fully saturated rings. The zero-order valence-electron chi connectivity index (χ0n) is 16.7. The highest BCUT2D eigenvalue weighted by Gasteiger charge is 2.36. The SMILES string of the molecule is CC(C)(C)[Si](C)(C)OCCCCCCCCCCCCCCBr. The molecular formula is C20H43BrOSi. The van der Waals surface area contributed by atoms with Gasteiger partial charge in [0.2, 0.25) is 0 Å². The van der Waals surface area contributed by atoms with E-state index in [0.717, 1.165) is 6.61 Å². The average molecular weight is 408 g/mol. The minimum Gasteiger partial charge on any atom is -0.417 e. The fourth-order valence-electron chi connectivity index (χ4n) is 2.51. The van der Waals surface area contributed by atoms with Crippen LogP contribution in [0.4, 0.5) is 0 Å². The maximum Gasteiger partial charge on any atom is 0.191 e. The average Bonchev–Trinajstić information content (AvgIpc) is 2.46. The fourth-order valence-corrected chi connectivity index (χ4v) is 3.99. The smallest absolute Gasteiger partial charge is 0.191 e. The van der Waals surface area contributed by atoms with Gasteiger partial charge in [-0.1, -0.05) is 101 Å². The maximum absolute atomic E-state index is 6.23. The Hall–Kier alpha value is 0.657. The van der Waals surface area contributed by atoms with Gasteiger partial charge in [-0.3, -0.25) is 0 Å². The van der Waals surface area contributed by atoms with Gasteiger partial charge in [-0.15, -0.1) is 0 Å². The third-order valence-electron chi connectivity index (χ3n) is 5.30. The fraction of sp³-hybridized carbons (Fsp3) is 1.00. The van der Waals surface area contributed by atoms with Crippen molar-refractivity contribution in [1.29, 1.82) is 0 Å². The summed E-state index contributed by atoms with van der Waals surface area (Å²) in [6.07, 6.45) is 16.8. The Morgan fingerprint density at radius 1 is 0.652 bits per heavy atom. The number of hydrogen-bond acceptors (Lipinski definition) is 1. The van der Waals surface area contributed by atoms with Crippen molar-refractivity contribution in [3.8, 4) is 0 Å². The van der Waals surface area contributed by atoms with E-state index < -0.39 is 8.32 Å². The van der Waals surface area contributed by atoms with Crippen molar-refractivity contribution >= 4 is 24.2 Å². The van der Waals surface area contributed by atoms with Crippen molar-refractivity contribution in [3.05, 3.63) is 0 Å². The second-order valence-electron chi connectivity index (χ2n) is 8.54. The first kappa shape index (κ1) is 23.7. The van der Waals surface area contributed by atoms with Gasteiger partial charge >= 0.3 is 0 Å². The van der Waals surface area contributed by atoms with Crippen molar-refractivity contribution in [2.45, 2.75) is 116 Å². The molecule has 0 amide bonds. The van der Waals surface area contributed by atoms with Crippen LogP contribution in [0, 0.1) is 0 Å². The summed E-state index contributed by atoms with van der Waals surface area (Å²) in [5.74, 6) is 0. The van der Waals surface area contributed by atoms with E-state index in [9.17, 15) is 0 Å². The van der Waals surface area contributed by atoms with Crippen LogP contribution in [0.3, 0.4) is 0 Å². The van der Waals surface area contributed by atoms with Crippen molar-refractivity contribution < 1.29 is 4.43 Å². The highest BCUT2D eigenvalue weighted by Crippen LogP contribution is 2.36. The molecule has 0 aromatic carbocycles. The number of unbranched alkanes of at least 4 members (excludes halogenated alkanes) is 11. The molecule has 0 aliphatic carbocycles. The van der Waals surface area contributed by atoms with Crippen LogP contribution in [0.2, 0.25) is 18.1 Å². The van der Waals surface area contributed by atoms with Gasteiger partial charge in [-0.25, -0.2) is 0 Å². The monoisotopic (exact) mass is 406 g/mol. The lowest BCUT2D eigenvalue weighted by Crippen LogP contribution is -2.40. The van der Waals surface area contributed by atoms with Gasteiger partial charge in [-0.2, -0.15) is 0 Å². The quantitative estimate of drug-likeness (QED) is 0.151. The summed E-state index contributed by atoms with van der Waals surface area (Å²) in [5.41, 5.74) is 0. The van der Waals surface area contributed by atoms with E-state index in [1.54, 1.807) is 0 Å². The molecule has 23 heavy (non-hydrogen) atoms. The van der Waals surface area contributed by atoms with E-state index >= 15 is 0 Å². The molecule has 0 aliphatic heterocycles. The molecule has 0 saturated carbocycles. The van der Waals surface area contributed by atoms with Crippen LogP contribution in [-0.2, 0) is 4.43 Å². The van der Waals surface area contributed by atoms with Crippen molar-refractivity contribution in [2.75, 3.05) is 11.9 Å². The summed E-state index contributed by atoms with van der Waals surface area (Å²) >= 11 is 3.50. The van der Waals surface area contributed by atoms with E-state index in [2.05, 4.69) is 49.8 Å². The van der Waals surface area contributed by atoms with E-state index in [-0.39, 0.29) is 0 Å². The van der Waals surface area contributed by atoms with Crippen LogP contribution >= 0.6 is 15.9 Å². The van der Waals surface area contributed by atoms with Crippen LogP contribution in [0.1, 0.15) is 97.8 Å². The summed E-state index contributed by atoms with van der Waals surface area (Å²) in [6, 6.07) is 0. The van der Waals surface area contributed by atoms with E-state index in [1.807, 2.05) is 0 Å². The zero-order valence-corrected chi connectivity index (χ0v) is 19.3. The molecule has 0 heterocycles. The molecule has 3 heteroatoms. The predicted molar refractivity (Wildman–Crippen MR) is 112 cm³/mol. The Morgan fingerprint density at radius 3 is 1.35 bits per heavy atom. The van der Waals surface area contributed by atoms with E-state index in [1.165, 1.54) is 82.4 Å².